The number of fused-ring (bicyclic) bond motifs is 1. The molecular formula is C23H21NO6. The standard InChI is InChI=1S/C23H21NO6/c1-28-18-9-10-19(21(12-18)29-2)20(25)14-30-22(26)13-24-23(27)17-8-7-15-5-3-4-6-16(15)11-17/h3-12H,13-14H2,1-2H3,(H,24,27). The lowest BCUT2D eigenvalue weighted by atomic mass is 10.1. The maximum absolute atomic E-state index is 12.3. The number of hydrogen-bond acceptors (Lipinski definition) is 6. The highest BCUT2D eigenvalue weighted by Gasteiger charge is 2.16. The van der Waals surface area contributed by atoms with Crippen molar-refractivity contribution in [3.63, 3.8) is 0 Å². The largest absolute Gasteiger partial charge is 0.497 e. The van der Waals surface area contributed by atoms with Crippen molar-refractivity contribution >= 4 is 28.4 Å². The summed E-state index contributed by atoms with van der Waals surface area (Å²) in [5, 5.41) is 4.44. The van der Waals surface area contributed by atoms with Gasteiger partial charge >= 0.3 is 5.97 Å². The van der Waals surface area contributed by atoms with Crippen molar-refractivity contribution in [2.45, 2.75) is 0 Å². The van der Waals surface area contributed by atoms with Crippen LogP contribution in [0.15, 0.2) is 60.7 Å². The zero-order valence-electron chi connectivity index (χ0n) is 16.6. The average molecular weight is 407 g/mol. The van der Waals surface area contributed by atoms with Crippen LogP contribution in [0.25, 0.3) is 10.8 Å². The monoisotopic (exact) mass is 407 g/mol. The van der Waals surface area contributed by atoms with Gasteiger partial charge in [0.15, 0.2) is 6.61 Å². The Kier molecular flexibility index (Phi) is 6.64. The van der Waals surface area contributed by atoms with E-state index < -0.39 is 24.3 Å². The second-order valence-electron chi connectivity index (χ2n) is 6.39. The molecule has 7 heteroatoms. The van der Waals surface area contributed by atoms with Crippen molar-refractivity contribution in [1.29, 1.82) is 0 Å². The molecule has 3 aromatic rings. The maximum atomic E-state index is 12.3. The van der Waals surface area contributed by atoms with Crippen LogP contribution in [0.3, 0.4) is 0 Å². The minimum Gasteiger partial charge on any atom is -0.497 e. The number of methoxy groups -OCH3 is 2. The molecule has 1 N–H and O–H groups in total. The van der Waals surface area contributed by atoms with Crippen molar-refractivity contribution < 1.29 is 28.6 Å². The number of carbonyl (C=O) groups is 3. The highest BCUT2D eigenvalue weighted by atomic mass is 16.5. The first-order valence-corrected chi connectivity index (χ1v) is 9.19. The normalized spacial score (nSPS) is 10.3. The third-order valence-electron chi connectivity index (χ3n) is 4.48. The lowest BCUT2D eigenvalue weighted by Gasteiger charge is -2.10. The molecule has 1 amide bonds. The van der Waals surface area contributed by atoms with E-state index in [0.717, 1.165) is 10.8 Å². The molecular weight excluding hydrogens is 386 g/mol. The summed E-state index contributed by atoms with van der Waals surface area (Å²) in [4.78, 5) is 36.6. The van der Waals surface area contributed by atoms with Gasteiger partial charge in [-0.25, -0.2) is 0 Å². The average Bonchev–Trinajstić information content (AvgIpc) is 2.80. The molecule has 3 aromatic carbocycles. The topological polar surface area (TPSA) is 90.9 Å². The third-order valence-corrected chi connectivity index (χ3v) is 4.48. The molecule has 0 radical (unpaired) electrons. The predicted octanol–water partition coefficient (Wildman–Crippen LogP) is 3.01. The number of benzene rings is 3. The van der Waals surface area contributed by atoms with Crippen LogP contribution in [-0.2, 0) is 9.53 Å². The van der Waals surface area contributed by atoms with Gasteiger partial charge in [0.1, 0.15) is 18.0 Å². The Labute approximate surface area is 173 Å². The van der Waals surface area contributed by atoms with Crippen LogP contribution in [0.1, 0.15) is 20.7 Å². The van der Waals surface area contributed by atoms with Crippen LogP contribution in [0.5, 0.6) is 11.5 Å². The molecule has 0 saturated heterocycles. The lowest BCUT2D eigenvalue weighted by molar-refractivity contribution is -0.141. The molecule has 30 heavy (non-hydrogen) atoms. The van der Waals surface area contributed by atoms with Crippen molar-refractivity contribution in [2.75, 3.05) is 27.4 Å². The fourth-order valence-corrected chi connectivity index (χ4v) is 2.89. The molecule has 0 aliphatic carbocycles. The molecule has 0 aliphatic rings. The Morgan fingerprint density at radius 3 is 2.37 bits per heavy atom. The SMILES string of the molecule is COc1ccc(C(=O)COC(=O)CNC(=O)c2ccc3ccccc3c2)c(OC)c1. The molecule has 3 rings (SSSR count). The minimum absolute atomic E-state index is 0.270. The van der Waals surface area contributed by atoms with Crippen molar-refractivity contribution in [3.8, 4) is 11.5 Å². The van der Waals surface area contributed by atoms with Crippen molar-refractivity contribution in [1.82, 2.24) is 5.32 Å². The molecule has 0 atom stereocenters. The van der Waals surface area contributed by atoms with E-state index in [1.807, 2.05) is 30.3 Å². The number of ether oxygens (including phenoxy) is 3. The minimum atomic E-state index is -0.718. The van der Waals surface area contributed by atoms with Crippen LogP contribution < -0.4 is 14.8 Å². The molecule has 0 heterocycles. The van der Waals surface area contributed by atoms with Gasteiger partial charge in [-0.15, -0.1) is 0 Å². The maximum Gasteiger partial charge on any atom is 0.325 e. The number of amides is 1. The number of ketones is 1. The quantitative estimate of drug-likeness (QED) is 0.456. The molecule has 0 unspecified atom stereocenters. The van der Waals surface area contributed by atoms with E-state index in [1.54, 1.807) is 24.3 Å². The van der Waals surface area contributed by atoms with Gasteiger partial charge in [-0.3, -0.25) is 14.4 Å². The number of Topliss-reactive ketones (excluding diaryl/α,β-unsaturated/α-hetero) is 1. The molecule has 0 aliphatic heterocycles. The summed E-state index contributed by atoms with van der Waals surface area (Å²) in [5.74, 6) is -0.689. The molecule has 0 bridgehead atoms. The van der Waals surface area contributed by atoms with E-state index in [0.29, 0.717) is 17.1 Å². The molecule has 154 valence electrons. The van der Waals surface area contributed by atoms with Crippen LogP contribution in [0, 0.1) is 0 Å². The summed E-state index contributed by atoms with van der Waals surface area (Å²) < 4.78 is 15.2. The number of nitrogens with one attached hydrogen (secondary N) is 1. The van der Waals surface area contributed by atoms with Crippen LogP contribution in [0.4, 0.5) is 0 Å². The Morgan fingerprint density at radius 1 is 0.867 bits per heavy atom. The zero-order chi connectivity index (χ0) is 21.5. The van der Waals surface area contributed by atoms with Crippen LogP contribution in [0.2, 0.25) is 0 Å². The summed E-state index contributed by atoms with van der Waals surface area (Å²) in [5.41, 5.74) is 0.701. The second kappa shape index (κ2) is 9.56. The molecule has 0 spiro atoms. The summed E-state index contributed by atoms with van der Waals surface area (Å²) in [6.45, 7) is -0.813. The van der Waals surface area contributed by atoms with Crippen molar-refractivity contribution in [2.24, 2.45) is 0 Å². The van der Waals surface area contributed by atoms with Gasteiger partial charge in [0.05, 0.1) is 19.8 Å². The molecule has 0 saturated carbocycles. The predicted molar refractivity (Wildman–Crippen MR) is 111 cm³/mol. The van der Waals surface area contributed by atoms with Gasteiger partial charge in [0.2, 0.25) is 5.78 Å². The Hall–Kier alpha value is -3.87. The number of hydrogen-bond donors (Lipinski definition) is 1. The lowest BCUT2D eigenvalue weighted by Crippen LogP contribution is -2.31. The summed E-state index contributed by atoms with van der Waals surface area (Å²) >= 11 is 0. The Balaban J connectivity index is 1.53. The van der Waals surface area contributed by atoms with E-state index in [4.69, 9.17) is 14.2 Å². The van der Waals surface area contributed by atoms with E-state index in [2.05, 4.69) is 5.32 Å². The van der Waals surface area contributed by atoms with Crippen LogP contribution >= 0.6 is 0 Å². The first-order valence-electron chi connectivity index (χ1n) is 9.19. The highest BCUT2D eigenvalue weighted by molar-refractivity contribution is 6.01. The fraction of sp³-hybridized carbons (Fsp3) is 0.174. The highest BCUT2D eigenvalue weighted by Crippen LogP contribution is 2.25. The number of esters is 1. The molecule has 0 aromatic heterocycles. The molecule has 0 fully saturated rings. The molecule has 7 nitrogen and oxygen atoms in total. The first kappa shape index (κ1) is 20.9. The van der Waals surface area contributed by atoms with Gasteiger partial charge in [0, 0.05) is 11.6 Å². The third kappa shape index (κ3) is 4.94. The second-order valence-corrected chi connectivity index (χ2v) is 6.39. The number of carbonyl (C=O) groups excluding carboxylic acids is 3. The summed E-state index contributed by atoms with van der Waals surface area (Å²) in [6.07, 6.45) is 0. The van der Waals surface area contributed by atoms with E-state index in [-0.39, 0.29) is 12.1 Å². The van der Waals surface area contributed by atoms with E-state index >= 15 is 0 Å². The first-order chi connectivity index (χ1) is 14.5. The Bertz CT molecular complexity index is 1090. The van der Waals surface area contributed by atoms with E-state index in [1.165, 1.54) is 20.3 Å². The van der Waals surface area contributed by atoms with Gasteiger partial charge in [-0.1, -0.05) is 30.3 Å². The number of rotatable bonds is 8. The summed E-state index contributed by atoms with van der Waals surface area (Å²) in [7, 11) is 2.93. The van der Waals surface area contributed by atoms with Gasteiger partial charge < -0.3 is 19.5 Å². The van der Waals surface area contributed by atoms with E-state index in [9.17, 15) is 14.4 Å². The van der Waals surface area contributed by atoms with Gasteiger partial charge in [-0.2, -0.15) is 0 Å². The Morgan fingerprint density at radius 2 is 1.63 bits per heavy atom. The fourth-order valence-electron chi connectivity index (χ4n) is 2.89. The van der Waals surface area contributed by atoms with Crippen molar-refractivity contribution in [3.05, 3.63) is 71.8 Å². The smallest absolute Gasteiger partial charge is 0.325 e. The summed E-state index contributed by atoms with van der Waals surface area (Å²) in [6, 6.07) is 17.6. The van der Waals surface area contributed by atoms with Gasteiger partial charge in [-0.05, 0) is 35.0 Å². The van der Waals surface area contributed by atoms with Gasteiger partial charge in [0.25, 0.3) is 5.91 Å². The zero-order valence-corrected chi connectivity index (χ0v) is 16.6. The van der Waals surface area contributed by atoms with Crippen LogP contribution in [-0.4, -0.2) is 45.0 Å².